The first-order valence-corrected chi connectivity index (χ1v) is 9.59. The fourth-order valence-electron chi connectivity index (χ4n) is 2.51. The summed E-state index contributed by atoms with van der Waals surface area (Å²) in [6.07, 6.45) is 5.11. The van der Waals surface area contributed by atoms with E-state index in [4.69, 9.17) is 14.2 Å². The van der Waals surface area contributed by atoms with Crippen LogP contribution >= 0.6 is 0 Å². The number of hydrogen-bond donors (Lipinski definition) is 0. The third-order valence-electron chi connectivity index (χ3n) is 3.78. The van der Waals surface area contributed by atoms with E-state index in [9.17, 15) is 4.79 Å². The first-order chi connectivity index (χ1) is 13.5. The topological polar surface area (TPSA) is 44.8 Å². The molecule has 0 aromatic heterocycles. The first-order valence-electron chi connectivity index (χ1n) is 9.59. The molecule has 2 aromatic carbocycles. The Kier molecular flexibility index (Phi) is 8.35. The second-order valence-corrected chi connectivity index (χ2v) is 6.39. The minimum Gasteiger partial charge on any atom is -0.493 e. The van der Waals surface area contributed by atoms with Crippen LogP contribution in [0, 0.1) is 0 Å². The Morgan fingerprint density at radius 1 is 0.964 bits per heavy atom. The average molecular weight is 380 g/mol. The van der Waals surface area contributed by atoms with Crippen molar-refractivity contribution in [2.24, 2.45) is 0 Å². The standard InChI is InChI=1S/C24H28O4/c1-5-16-26-23-8-7-9-24(27-17-6-2)21(23)14-15-22(25)19-10-12-20(13-11-19)28-18(3)4/h7-15H,3,5-6,16-17H2,1-2,4H3. The van der Waals surface area contributed by atoms with E-state index in [-0.39, 0.29) is 5.78 Å². The molecule has 4 nitrogen and oxygen atoms in total. The second kappa shape index (κ2) is 11.0. The van der Waals surface area contributed by atoms with Crippen LogP contribution < -0.4 is 14.2 Å². The predicted molar refractivity (Wildman–Crippen MR) is 113 cm³/mol. The number of carbonyl (C=O) groups is 1. The fraction of sp³-hybridized carbons (Fsp3) is 0.292. The summed E-state index contributed by atoms with van der Waals surface area (Å²) in [5.74, 6) is 2.58. The molecule has 0 N–H and O–H groups in total. The molecule has 0 radical (unpaired) electrons. The minimum absolute atomic E-state index is 0.103. The van der Waals surface area contributed by atoms with Crippen LogP contribution in [-0.2, 0) is 0 Å². The van der Waals surface area contributed by atoms with Gasteiger partial charge in [-0.2, -0.15) is 0 Å². The Balaban J connectivity index is 2.22. The van der Waals surface area contributed by atoms with E-state index < -0.39 is 0 Å². The maximum Gasteiger partial charge on any atom is 0.185 e. The fourth-order valence-corrected chi connectivity index (χ4v) is 2.51. The highest BCUT2D eigenvalue weighted by molar-refractivity contribution is 6.07. The van der Waals surface area contributed by atoms with Crippen LogP contribution in [0.5, 0.6) is 17.2 Å². The Bertz CT molecular complexity index is 793. The SMILES string of the molecule is C=C(C)Oc1ccc(C(=O)C=Cc2c(OCCC)cccc2OCCC)cc1. The first kappa shape index (κ1) is 21.3. The van der Waals surface area contributed by atoms with E-state index in [0.717, 1.165) is 18.4 Å². The van der Waals surface area contributed by atoms with Crippen LogP contribution in [-0.4, -0.2) is 19.0 Å². The molecule has 0 saturated carbocycles. The molecule has 2 rings (SSSR count). The molecule has 0 fully saturated rings. The molecule has 0 spiro atoms. The van der Waals surface area contributed by atoms with E-state index in [1.54, 1.807) is 43.3 Å². The highest BCUT2D eigenvalue weighted by atomic mass is 16.5. The lowest BCUT2D eigenvalue weighted by Crippen LogP contribution is -2.02. The van der Waals surface area contributed by atoms with Crippen molar-refractivity contribution in [3.05, 3.63) is 72.0 Å². The lowest BCUT2D eigenvalue weighted by atomic mass is 10.1. The highest BCUT2D eigenvalue weighted by Gasteiger charge is 2.10. The number of hydrogen-bond acceptors (Lipinski definition) is 4. The molecule has 0 heterocycles. The van der Waals surface area contributed by atoms with Crippen molar-refractivity contribution in [1.82, 2.24) is 0 Å². The van der Waals surface area contributed by atoms with Gasteiger partial charge in [0.25, 0.3) is 0 Å². The average Bonchev–Trinajstić information content (AvgIpc) is 2.69. The number of benzene rings is 2. The van der Waals surface area contributed by atoms with Crippen molar-refractivity contribution in [3.63, 3.8) is 0 Å². The molecule has 0 bridgehead atoms. The van der Waals surface area contributed by atoms with E-state index >= 15 is 0 Å². The van der Waals surface area contributed by atoms with Crippen LogP contribution in [0.4, 0.5) is 0 Å². The second-order valence-electron chi connectivity index (χ2n) is 6.39. The van der Waals surface area contributed by atoms with Gasteiger partial charge in [0.1, 0.15) is 17.2 Å². The van der Waals surface area contributed by atoms with Crippen molar-refractivity contribution in [2.75, 3.05) is 13.2 Å². The molecule has 4 heteroatoms. The molecular formula is C24H28O4. The van der Waals surface area contributed by atoms with Gasteiger partial charge in [0.05, 0.1) is 24.5 Å². The van der Waals surface area contributed by atoms with Crippen molar-refractivity contribution >= 4 is 11.9 Å². The molecule has 0 amide bonds. The lowest BCUT2D eigenvalue weighted by Gasteiger charge is -2.13. The maximum atomic E-state index is 12.6. The summed E-state index contributed by atoms with van der Waals surface area (Å²) >= 11 is 0. The maximum absolute atomic E-state index is 12.6. The Morgan fingerprint density at radius 2 is 1.54 bits per heavy atom. The highest BCUT2D eigenvalue weighted by Crippen LogP contribution is 2.30. The molecule has 0 saturated heterocycles. The third-order valence-corrected chi connectivity index (χ3v) is 3.78. The Hall–Kier alpha value is -3.01. The number of rotatable bonds is 11. The summed E-state index contributed by atoms with van der Waals surface area (Å²) in [4.78, 5) is 12.6. The summed E-state index contributed by atoms with van der Waals surface area (Å²) in [6.45, 7) is 10.8. The molecule has 0 unspecified atom stereocenters. The molecule has 0 atom stereocenters. The van der Waals surface area contributed by atoms with Gasteiger partial charge in [0.2, 0.25) is 0 Å². The smallest absolute Gasteiger partial charge is 0.185 e. The van der Waals surface area contributed by atoms with Crippen LogP contribution in [0.25, 0.3) is 6.08 Å². The van der Waals surface area contributed by atoms with Crippen molar-refractivity contribution in [1.29, 1.82) is 0 Å². The van der Waals surface area contributed by atoms with Gasteiger partial charge in [0, 0.05) is 5.56 Å². The molecule has 0 aliphatic carbocycles. The van der Waals surface area contributed by atoms with E-state index in [1.807, 2.05) is 18.2 Å². The van der Waals surface area contributed by atoms with Gasteiger partial charge in [-0.1, -0.05) is 26.5 Å². The number of ketones is 1. The molecular weight excluding hydrogens is 352 g/mol. The minimum atomic E-state index is -0.103. The van der Waals surface area contributed by atoms with Gasteiger partial charge in [-0.05, 0) is 68.3 Å². The van der Waals surface area contributed by atoms with E-state index in [1.165, 1.54) is 0 Å². The Morgan fingerprint density at radius 3 is 2.04 bits per heavy atom. The zero-order chi connectivity index (χ0) is 20.4. The molecule has 0 aliphatic heterocycles. The van der Waals surface area contributed by atoms with Crippen LogP contribution in [0.15, 0.2) is 60.9 Å². The van der Waals surface area contributed by atoms with E-state index in [0.29, 0.717) is 41.8 Å². The van der Waals surface area contributed by atoms with E-state index in [2.05, 4.69) is 20.4 Å². The predicted octanol–water partition coefficient (Wildman–Crippen LogP) is 6.07. The monoisotopic (exact) mass is 380 g/mol. The summed E-state index contributed by atoms with van der Waals surface area (Å²) in [5, 5.41) is 0. The third kappa shape index (κ3) is 6.31. The molecule has 28 heavy (non-hydrogen) atoms. The van der Waals surface area contributed by atoms with Gasteiger partial charge in [-0.3, -0.25) is 4.79 Å². The number of ether oxygens (including phenoxy) is 3. The summed E-state index contributed by atoms with van der Waals surface area (Å²) in [6, 6.07) is 12.7. The van der Waals surface area contributed by atoms with Gasteiger partial charge in [-0.25, -0.2) is 0 Å². The van der Waals surface area contributed by atoms with Crippen molar-refractivity contribution in [3.8, 4) is 17.2 Å². The summed E-state index contributed by atoms with van der Waals surface area (Å²) in [5.41, 5.74) is 1.35. The van der Waals surface area contributed by atoms with Gasteiger partial charge >= 0.3 is 0 Å². The normalized spacial score (nSPS) is 10.7. The molecule has 2 aromatic rings. The zero-order valence-corrected chi connectivity index (χ0v) is 16.9. The van der Waals surface area contributed by atoms with Crippen molar-refractivity contribution < 1.29 is 19.0 Å². The number of carbonyl (C=O) groups excluding carboxylic acids is 1. The van der Waals surface area contributed by atoms with Gasteiger partial charge in [-0.15, -0.1) is 0 Å². The lowest BCUT2D eigenvalue weighted by molar-refractivity contribution is 0.104. The largest absolute Gasteiger partial charge is 0.493 e. The van der Waals surface area contributed by atoms with Gasteiger partial charge in [0.15, 0.2) is 5.78 Å². The van der Waals surface area contributed by atoms with Crippen LogP contribution in [0.1, 0.15) is 49.5 Å². The molecule has 148 valence electrons. The quantitative estimate of drug-likeness (QED) is 0.269. The Labute approximate surface area is 167 Å². The summed E-state index contributed by atoms with van der Waals surface area (Å²) in [7, 11) is 0. The zero-order valence-electron chi connectivity index (χ0n) is 16.9. The van der Waals surface area contributed by atoms with Gasteiger partial charge < -0.3 is 14.2 Å². The van der Waals surface area contributed by atoms with Crippen LogP contribution in [0.2, 0.25) is 0 Å². The number of allylic oxidation sites excluding steroid dienone is 2. The van der Waals surface area contributed by atoms with Crippen molar-refractivity contribution in [2.45, 2.75) is 33.6 Å². The summed E-state index contributed by atoms with van der Waals surface area (Å²) < 4.78 is 17.1. The van der Waals surface area contributed by atoms with Crippen LogP contribution in [0.3, 0.4) is 0 Å². The molecule has 0 aliphatic rings.